The largest absolute Gasteiger partial charge is 0.487 e. The number of fused-ring (bicyclic) bond motifs is 2. The second-order valence-corrected chi connectivity index (χ2v) is 25.0. The van der Waals surface area contributed by atoms with Gasteiger partial charge in [-0.15, -0.1) is 0 Å². The molecule has 23 heteroatoms. The normalized spacial score (nSPS) is 11.6. The van der Waals surface area contributed by atoms with Gasteiger partial charge in [0.1, 0.15) is 103 Å². The Morgan fingerprint density at radius 1 is 0.595 bits per heavy atom. The number of aliphatic carboxylic acids is 1. The maximum atomic E-state index is 13.5. The molecule has 0 saturated heterocycles. The molecule has 3 N–H and O–H groups in total. The van der Waals surface area contributed by atoms with Gasteiger partial charge < -0.3 is 34.0 Å². The molecule has 0 aliphatic heterocycles. The molecule has 4 aromatic heterocycles. The molecule has 0 fully saturated rings. The summed E-state index contributed by atoms with van der Waals surface area (Å²) in [6.45, 7) is 0.231. The highest BCUT2D eigenvalue weighted by Gasteiger charge is 2.18. The monoisotopic (exact) mass is 1220 g/mol. The van der Waals surface area contributed by atoms with Crippen LogP contribution in [0.3, 0.4) is 0 Å². The Hall–Kier alpha value is -8.47. The van der Waals surface area contributed by atoms with Crippen molar-refractivity contribution in [2.24, 2.45) is 0 Å². The van der Waals surface area contributed by atoms with Crippen molar-refractivity contribution in [2.45, 2.75) is 39.0 Å². The van der Waals surface area contributed by atoms with Gasteiger partial charge in [0.25, 0.3) is 0 Å². The van der Waals surface area contributed by atoms with Gasteiger partial charge >= 0.3 is 5.97 Å². The predicted molar refractivity (Wildman–Crippen MR) is 321 cm³/mol. The fourth-order valence-electron chi connectivity index (χ4n) is 8.73. The molecule has 84 heavy (non-hydrogen) atoms. The maximum Gasteiger partial charge on any atom is 0.317 e. The Bertz CT molecular complexity index is 4210. The standard InChI is InChI=1S/C31H28ClFN4O6S.C30H27ClFN3O4S/c1-44(40,41)12-11-37(17-30(38)39)16-24-7-10-28(43-24)21-5-8-27-25(14-21)31(35-19-34-27)36-23-6-9-29(26(32)15-23)42-18-20-3-2-4-22(33)13-20;1-40(36,37)14-3-2-7-24-10-13-28(39-24)21-8-11-27-25(16-21)30(34-19-33-27)35-23-9-12-29(26(31)17-23)38-18-20-5-4-6-22(32)15-20/h2-10,13-15,19H,11-12,16-18H2,1H3,(H,38,39)(H,34,35,36);4-6,8-13,15-17,19H,2-3,7,14,18H2,1H3,(H,33,34,35). The summed E-state index contributed by atoms with van der Waals surface area (Å²) < 4.78 is 96.4. The second-order valence-electron chi connectivity index (χ2n) is 19.6. The van der Waals surface area contributed by atoms with Gasteiger partial charge in [0, 0.05) is 64.5 Å². The molecule has 0 atom stereocenters. The molecule has 0 bridgehead atoms. The van der Waals surface area contributed by atoms with Crippen molar-refractivity contribution in [3.63, 3.8) is 0 Å². The van der Waals surface area contributed by atoms with Crippen molar-refractivity contribution in [3.05, 3.63) is 203 Å². The summed E-state index contributed by atoms with van der Waals surface area (Å²) in [6.07, 6.45) is 7.30. The number of aryl methyl sites for hydroxylation is 1. The van der Waals surface area contributed by atoms with Crippen LogP contribution in [0.1, 0.15) is 35.5 Å². The fourth-order valence-corrected chi connectivity index (χ4v) is 10.5. The second kappa shape index (κ2) is 27.3. The van der Waals surface area contributed by atoms with Gasteiger partial charge in [0.2, 0.25) is 0 Å². The number of rotatable bonds is 24. The average molecular weight is 1220 g/mol. The van der Waals surface area contributed by atoms with Gasteiger partial charge in [-0.2, -0.15) is 0 Å². The summed E-state index contributed by atoms with van der Waals surface area (Å²) in [7, 11) is -6.22. The first-order valence-corrected chi connectivity index (χ1v) is 31.0. The summed E-state index contributed by atoms with van der Waals surface area (Å²) in [5, 5.41) is 18.1. The molecule has 0 saturated carbocycles. The van der Waals surface area contributed by atoms with Crippen molar-refractivity contribution in [1.29, 1.82) is 0 Å². The number of hydrogen-bond acceptors (Lipinski definition) is 16. The number of furan rings is 2. The number of carbonyl (C=O) groups is 1. The number of halogens is 4. The van der Waals surface area contributed by atoms with Gasteiger partial charge in [0.15, 0.2) is 0 Å². The maximum absolute atomic E-state index is 13.5. The van der Waals surface area contributed by atoms with Crippen molar-refractivity contribution < 1.29 is 53.8 Å². The summed E-state index contributed by atoms with van der Waals surface area (Å²) in [5.41, 5.74) is 5.81. The van der Waals surface area contributed by atoms with Crippen molar-refractivity contribution in [1.82, 2.24) is 24.8 Å². The zero-order valence-corrected chi connectivity index (χ0v) is 48.4. The number of sulfone groups is 2. The molecule has 0 spiro atoms. The first-order valence-electron chi connectivity index (χ1n) is 26.1. The number of benzene rings is 6. The summed E-state index contributed by atoms with van der Waals surface area (Å²) in [4.78, 5) is 30.4. The van der Waals surface area contributed by atoms with Crippen molar-refractivity contribution >= 4 is 93.7 Å². The Morgan fingerprint density at radius 2 is 1.10 bits per heavy atom. The lowest BCUT2D eigenvalue weighted by Crippen LogP contribution is -2.33. The van der Waals surface area contributed by atoms with Gasteiger partial charge in [0.05, 0.1) is 39.9 Å². The lowest BCUT2D eigenvalue weighted by atomic mass is 10.1. The van der Waals surface area contributed by atoms with E-state index >= 15 is 0 Å². The third kappa shape index (κ3) is 17.3. The molecule has 4 heterocycles. The van der Waals surface area contributed by atoms with Crippen molar-refractivity contribution in [3.8, 4) is 34.1 Å². The summed E-state index contributed by atoms with van der Waals surface area (Å²) in [5.74, 6) is 2.90. The SMILES string of the molecule is CS(=O)(=O)CCCCc1ccc(-c2ccc3ncnc(Nc4ccc(OCc5cccc(F)c5)c(Cl)c4)c3c2)o1.CS(=O)(=O)CCN(CC(=O)O)Cc1ccc(-c2ccc3ncnc(Nc4ccc(OCc5cccc(F)c5)c(Cl)c4)c3c2)o1. The van der Waals surface area contributed by atoms with E-state index in [9.17, 15) is 35.5 Å². The minimum atomic E-state index is -3.26. The van der Waals surface area contributed by atoms with E-state index in [1.54, 1.807) is 66.7 Å². The van der Waals surface area contributed by atoms with E-state index in [-0.39, 0.29) is 56.0 Å². The van der Waals surface area contributed by atoms with Crippen LogP contribution in [0, 0.1) is 11.6 Å². The highest BCUT2D eigenvalue weighted by atomic mass is 35.5. The van der Waals surface area contributed by atoms with Crippen LogP contribution >= 0.6 is 23.2 Å². The molecule has 10 rings (SSSR count). The number of nitrogens with zero attached hydrogens (tertiary/aromatic N) is 5. The van der Waals surface area contributed by atoms with Crippen LogP contribution in [0.15, 0.2) is 167 Å². The number of hydrogen-bond donors (Lipinski definition) is 3. The van der Waals surface area contributed by atoms with Crippen LogP contribution in [-0.4, -0.2) is 89.9 Å². The zero-order chi connectivity index (χ0) is 59.4. The van der Waals surface area contributed by atoms with Crippen LogP contribution in [0.2, 0.25) is 10.0 Å². The molecule has 6 aromatic carbocycles. The van der Waals surface area contributed by atoms with Gasteiger partial charge in [-0.25, -0.2) is 45.6 Å². The first kappa shape index (κ1) is 60.1. The minimum absolute atomic E-state index is 0.0631. The quantitative estimate of drug-likeness (QED) is 0.0478. The van der Waals surface area contributed by atoms with Crippen molar-refractivity contribution in [2.75, 3.05) is 47.7 Å². The average Bonchev–Trinajstić information content (AvgIpc) is 3.32. The number of ether oxygens (including phenoxy) is 2. The number of carboxylic acids is 1. The molecule has 10 aromatic rings. The van der Waals surface area contributed by atoms with Gasteiger partial charge in [-0.05, 0) is 145 Å². The number of nitrogens with one attached hydrogen (secondary N) is 2. The van der Waals surface area contributed by atoms with Gasteiger partial charge in [-0.3, -0.25) is 9.69 Å². The third-order valence-corrected chi connectivity index (χ3v) is 15.4. The number of carboxylic acid groups (broad SMARTS) is 1. The number of anilines is 4. The van der Waals surface area contributed by atoms with E-state index in [1.165, 1.54) is 48.1 Å². The highest BCUT2D eigenvalue weighted by molar-refractivity contribution is 7.90. The van der Waals surface area contributed by atoms with E-state index in [4.69, 9.17) is 41.5 Å². The van der Waals surface area contributed by atoms with Crippen LogP contribution in [-0.2, 0) is 50.6 Å². The molecular weight excluding hydrogens is 1160 g/mol. The molecular formula is C61H55Cl2F2N7O10S2. The van der Waals surface area contributed by atoms with E-state index in [1.807, 2.05) is 54.6 Å². The lowest BCUT2D eigenvalue weighted by Gasteiger charge is -2.18. The van der Waals surface area contributed by atoms with Gasteiger partial charge in [-0.1, -0.05) is 47.5 Å². The lowest BCUT2D eigenvalue weighted by molar-refractivity contribution is -0.138. The third-order valence-electron chi connectivity index (χ3n) is 12.8. The topological polar surface area (TPSA) is 229 Å². The smallest absolute Gasteiger partial charge is 0.317 e. The van der Waals surface area contributed by atoms with Crippen LogP contribution in [0.5, 0.6) is 11.5 Å². The highest BCUT2D eigenvalue weighted by Crippen LogP contribution is 2.35. The number of aromatic nitrogens is 4. The predicted octanol–water partition coefficient (Wildman–Crippen LogP) is 13.3. The summed E-state index contributed by atoms with van der Waals surface area (Å²) >= 11 is 12.9. The van der Waals surface area contributed by atoms with E-state index in [0.29, 0.717) is 96.7 Å². The zero-order valence-electron chi connectivity index (χ0n) is 45.3. The minimum Gasteiger partial charge on any atom is -0.487 e. The Morgan fingerprint density at radius 3 is 1.57 bits per heavy atom. The molecule has 0 aliphatic rings. The molecule has 0 radical (unpaired) electrons. The molecule has 17 nitrogen and oxygen atoms in total. The Balaban J connectivity index is 0.000000202. The van der Waals surface area contributed by atoms with Crippen LogP contribution < -0.4 is 20.1 Å². The Kier molecular flexibility index (Phi) is 19.5. The van der Waals surface area contributed by atoms with E-state index < -0.39 is 25.6 Å². The molecule has 434 valence electrons. The fraction of sp³-hybridized carbons (Fsp3) is 0.197. The van der Waals surface area contributed by atoms with E-state index in [0.717, 1.165) is 40.5 Å². The van der Waals surface area contributed by atoms with Crippen LogP contribution in [0.25, 0.3) is 44.5 Å². The summed E-state index contributed by atoms with van der Waals surface area (Å²) in [6, 6.07) is 41.6. The molecule has 0 amide bonds. The Labute approximate surface area is 493 Å². The number of unbranched alkanes of at least 4 members (excludes halogenated alkanes) is 1. The first-order chi connectivity index (χ1) is 40.3. The molecule has 0 aliphatic carbocycles. The van der Waals surface area contributed by atoms with E-state index in [2.05, 4.69) is 30.6 Å². The molecule has 0 unspecified atom stereocenters. The van der Waals surface area contributed by atoms with Crippen LogP contribution in [0.4, 0.5) is 31.8 Å².